The first kappa shape index (κ1) is 17.4. The van der Waals surface area contributed by atoms with Gasteiger partial charge in [-0.1, -0.05) is 30.7 Å². The third-order valence-corrected chi connectivity index (χ3v) is 4.53. The molecule has 132 valence electrons. The number of halogens is 1. The van der Waals surface area contributed by atoms with Crippen molar-refractivity contribution >= 4 is 5.97 Å². The summed E-state index contributed by atoms with van der Waals surface area (Å²) in [6.07, 6.45) is 2.74. The van der Waals surface area contributed by atoms with Crippen LogP contribution in [0.1, 0.15) is 30.4 Å². The van der Waals surface area contributed by atoms with Crippen LogP contribution < -0.4 is 4.74 Å². The molecule has 1 unspecified atom stereocenters. The van der Waals surface area contributed by atoms with E-state index in [4.69, 9.17) is 4.74 Å². The maximum atomic E-state index is 12.9. The minimum Gasteiger partial charge on any atom is -0.489 e. The van der Waals surface area contributed by atoms with Crippen LogP contribution in [0.25, 0.3) is 0 Å². The molecule has 1 heterocycles. The standard InChI is InChI=1S/C20H22FNO3/c21-17-8-4-16(5-9-17)14-25-18-10-6-15(7-11-18)13-22-12-2-1-3-19(22)20(23)24/h4-11,19H,1-3,12-14H2,(H,23,24). The molecule has 0 aromatic heterocycles. The SMILES string of the molecule is O=C(O)C1CCCCN1Cc1ccc(OCc2ccc(F)cc2)cc1. The van der Waals surface area contributed by atoms with Gasteiger partial charge in [0.2, 0.25) is 0 Å². The van der Waals surface area contributed by atoms with Crippen molar-refractivity contribution < 1.29 is 19.0 Å². The summed E-state index contributed by atoms with van der Waals surface area (Å²) in [6, 6.07) is 13.6. The van der Waals surface area contributed by atoms with E-state index in [0.29, 0.717) is 19.6 Å². The lowest BCUT2D eigenvalue weighted by molar-refractivity contribution is -0.144. The molecule has 0 amide bonds. The van der Waals surface area contributed by atoms with E-state index in [2.05, 4.69) is 0 Å². The first-order valence-electron chi connectivity index (χ1n) is 8.55. The van der Waals surface area contributed by atoms with Crippen LogP contribution in [0, 0.1) is 5.82 Å². The predicted molar refractivity (Wildman–Crippen MR) is 92.9 cm³/mol. The minimum absolute atomic E-state index is 0.259. The number of aliphatic carboxylic acids is 1. The van der Waals surface area contributed by atoms with Gasteiger partial charge >= 0.3 is 5.97 Å². The molecule has 5 heteroatoms. The molecule has 1 N–H and O–H groups in total. The number of piperidine rings is 1. The predicted octanol–water partition coefficient (Wildman–Crippen LogP) is 3.84. The number of hydrogen-bond acceptors (Lipinski definition) is 3. The number of benzene rings is 2. The largest absolute Gasteiger partial charge is 0.489 e. The lowest BCUT2D eigenvalue weighted by Crippen LogP contribution is -2.43. The van der Waals surface area contributed by atoms with Gasteiger partial charge in [-0.05, 0) is 54.8 Å². The maximum absolute atomic E-state index is 12.9. The van der Waals surface area contributed by atoms with Gasteiger partial charge in [0.25, 0.3) is 0 Å². The van der Waals surface area contributed by atoms with Gasteiger partial charge in [-0.15, -0.1) is 0 Å². The number of ether oxygens (including phenoxy) is 1. The lowest BCUT2D eigenvalue weighted by Gasteiger charge is -2.32. The van der Waals surface area contributed by atoms with Crippen molar-refractivity contribution in [3.05, 3.63) is 65.5 Å². The van der Waals surface area contributed by atoms with Crippen molar-refractivity contribution in [2.24, 2.45) is 0 Å². The smallest absolute Gasteiger partial charge is 0.320 e. The Bertz CT molecular complexity index is 700. The van der Waals surface area contributed by atoms with Crippen LogP contribution in [0.4, 0.5) is 4.39 Å². The lowest BCUT2D eigenvalue weighted by atomic mass is 10.0. The van der Waals surface area contributed by atoms with Gasteiger partial charge in [0.1, 0.15) is 24.2 Å². The molecule has 25 heavy (non-hydrogen) atoms. The van der Waals surface area contributed by atoms with Crippen molar-refractivity contribution in [2.45, 2.75) is 38.5 Å². The summed E-state index contributed by atoms with van der Waals surface area (Å²) in [5.74, 6) is -0.258. The highest BCUT2D eigenvalue weighted by molar-refractivity contribution is 5.73. The zero-order chi connectivity index (χ0) is 17.6. The Morgan fingerprint density at radius 1 is 1.08 bits per heavy atom. The van der Waals surface area contributed by atoms with Crippen LogP contribution in [-0.2, 0) is 17.9 Å². The topological polar surface area (TPSA) is 49.8 Å². The van der Waals surface area contributed by atoms with Crippen molar-refractivity contribution in [2.75, 3.05) is 6.54 Å². The highest BCUT2D eigenvalue weighted by atomic mass is 19.1. The Labute approximate surface area is 146 Å². The molecule has 2 aromatic carbocycles. The fourth-order valence-corrected chi connectivity index (χ4v) is 3.13. The average Bonchev–Trinajstić information content (AvgIpc) is 2.63. The van der Waals surface area contributed by atoms with Crippen LogP contribution >= 0.6 is 0 Å². The molecule has 0 spiro atoms. The molecule has 0 bridgehead atoms. The molecular weight excluding hydrogens is 321 g/mol. The summed E-state index contributed by atoms with van der Waals surface area (Å²) >= 11 is 0. The monoisotopic (exact) mass is 343 g/mol. The first-order chi connectivity index (χ1) is 12.1. The number of nitrogens with zero attached hydrogens (tertiary/aromatic N) is 1. The van der Waals surface area contributed by atoms with Crippen LogP contribution in [0.2, 0.25) is 0 Å². The van der Waals surface area contributed by atoms with Crippen LogP contribution in [0.3, 0.4) is 0 Å². The molecule has 1 saturated heterocycles. The summed E-state index contributed by atoms with van der Waals surface area (Å²) < 4.78 is 18.6. The van der Waals surface area contributed by atoms with Crippen LogP contribution in [-0.4, -0.2) is 28.6 Å². The number of likely N-dealkylation sites (tertiary alicyclic amines) is 1. The third-order valence-electron chi connectivity index (χ3n) is 4.53. The summed E-state index contributed by atoms with van der Waals surface area (Å²) in [5, 5.41) is 9.34. The summed E-state index contributed by atoms with van der Waals surface area (Å²) in [6.45, 7) is 1.84. The highest BCUT2D eigenvalue weighted by Crippen LogP contribution is 2.21. The molecule has 2 aromatic rings. The number of carbonyl (C=O) groups is 1. The third kappa shape index (κ3) is 4.79. The van der Waals surface area contributed by atoms with Gasteiger partial charge in [0.15, 0.2) is 0 Å². The van der Waals surface area contributed by atoms with Crippen molar-refractivity contribution in [1.82, 2.24) is 4.90 Å². The fourth-order valence-electron chi connectivity index (χ4n) is 3.13. The molecular formula is C20H22FNO3. The van der Waals surface area contributed by atoms with Gasteiger partial charge in [-0.2, -0.15) is 0 Å². The van der Waals surface area contributed by atoms with E-state index in [-0.39, 0.29) is 11.9 Å². The van der Waals surface area contributed by atoms with Crippen LogP contribution in [0.15, 0.2) is 48.5 Å². The second-order valence-electron chi connectivity index (χ2n) is 6.38. The van der Waals surface area contributed by atoms with E-state index >= 15 is 0 Å². The van der Waals surface area contributed by atoms with Crippen molar-refractivity contribution in [1.29, 1.82) is 0 Å². The molecule has 0 saturated carbocycles. The molecule has 0 aliphatic carbocycles. The average molecular weight is 343 g/mol. The quantitative estimate of drug-likeness (QED) is 0.866. The zero-order valence-electron chi connectivity index (χ0n) is 14.0. The first-order valence-corrected chi connectivity index (χ1v) is 8.55. The Hall–Kier alpha value is -2.40. The van der Waals surface area contributed by atoms with E-state index in [1.807, 2.05) is 29.2 Å². The van der Waals surface area contributed by atoms with Gasteiger partial charge in [0, 0.05) is 6.54 Å². The Balaban J connectivity index is 1.56. The van der Waals surface area contributed by atoms with Crippen molar-refractivity contribution in [3.63, 3.8) is 0 Å². The molecule has 1 atom stereocenters. The number of rotatable bonds is 6. The van der Waals surface area contributed by atoms with E-state index in [9.17, 15) is 14.3 Å². The van der Waals surface area contributed by atoms with Crippen molar-refractivity contribution in [3.8, 4) is 5.75 Å². The van der Waals surface area contributed by atoms with Gasteiger partial charge in [-0.25, -0.2) is 4.39 Å². The second kappa shape index (κ2) is 8.12. The number of carboxylic acid groups (broad SMARTS) is 1. The molecule has 1 fully saturated rings. The van der Waals surface area contributed by atoms with Gasteiger partial charge < -0.3 is 9.84 Å². The van der Waals surface area contributed by atoms with E-state index < -0.39 is 5.97 Å². The van der Waals surface area contributed by atoms with Gasteiger partial charge in [-0.3, -0.25) is 9.69 Å². The van der Waals surface area contributed by atoms with Gasteiger partial charge in [0.05, 0.1) is 0 Å². The normalized spacial score (nSPS) is 18.0. The molecule has 1 aliphatic rings. The molecule has 1 aliphatic heterocycles. The maximum Gasteiger partial charge on any atom is 0.320 e. The minimum atomic E-state index is -0.737. The molecule has 3 rings (SSSR count). The van der Waals surface area contributed by atoms with E-state index in [1.165, 1.54) is 12.1 Å². The Morgan fingerprint density at radius 2 is 1.76 bits per heavy atom. The summed E-state index contributed by atoms with van der Waals surface area (Å²) in [4.78, 5) is 13.4. The zero-order valence-corrected chi connectivity index (χ0v) is 14.0. The summed E-state index contributed by atoms with van der Waals surface area (Å²) in [5.41, 5.74) is 1.98. The molecule has 4 nitrogen and oxygen atoms in total. The highest BCUT2D eigenvalue weighted by Gasteiger charge is 2.28. The second-order valence-corrected chi connectivity index (χ2v) is 6.38. The number of carboxylic acids is 1. The number of hydrogen-bond donors (Lipinski definition) is 1. The Kier molecular flexibility index (Phi) is 5.66. The molecule has 0 radical (unpaired) electrons. The van der Waals surface area contributed by atoms with E-state index in [0.717, 1.165) is 36.3 Å². The van der Waals surface area contributed by atoms with Crippen LogP contribution in [0.5, 0.6) is 5.75 Å². The summed E-state index contributed by atoms with van der Waals surface area (Å²) in [7, 11) is 0. The fraction of sp³-hybridized carbons (Fsp3) is 0.350. The Morgan fingerprint density at radius 3 is 2.44 bits per heavy atom. The van der Waals surface area contributed by atoms with E-state index in [1.54, 1.807) is 12.1 Å².